The van der Waals surface area contributed by atoms with Gasteiger partial charge in [0, 0.05) is 24.8 Å². The molecule has 1 fully saturated rings. The minimum absolute atomic E-state index is 0.602. The van der Waals surface area contributed by atoms with Gasteiger partial charge in [0.25, 0.3) is 0 Å². The van der Waals surface area contributed by atoms with Crippen LogP contribution in [0.2, 0.25) is 0 Å². The highest BCUT2D eigenvalue weighted by Crippen LogP contribution is 2.30. The number of ether oxygens (including phenoxy) is 1. The standard InChI is InChI=1S/C13H19BrN2O/c1-15-10-4-3-7-16(9-10)11-5-6-13(17-2)12(14)8-11/h5-6,8,10,15H,3-4,7,9H2,1-2H3. The van der Waals surface area contributed by atoms with E-state index in [1.54, 1.807) is 7.11 Å². The number of piperidine rings is 1. The molecule has 1 aliphatic rings. The van der Waals surface area contributed by atoms with Crippen LogP contribution in [-0.4, -0.2) is 33.3 Å². The zero-order chi connectivity index (χ0) is 12.3. The van der Waals surface area contributed by atoms with Crippen LogP contribution in [0.1, 0.15) is 12.8 Å². The fourth-order valence-corrected chi connectivity index (χ4v) is 2.83. The van der Waals surface area contributed by atoms with E-state index < -0.39 is 0 Å². The van der Waals surface area contributed by atoms with Crippen LogP contribution in [0, 0.1) is 0 Å². The predicted octanol–water partition coefficient (Wildman–Crippen LogP) is 2.65. The van der Waals surface area contributed by atoms with Crippen LogP contribution < -0.4 is 15.0 Å². The van der Waals surface area contributed by atoms with E-state index in [9.17, 15) is 0 Å². The molecule has 0 radical (unpaired) electrons. The number of hydrogen-bond acceptors (Lipinski definition) is 3. The van der Waals surface area contributed by atoms with Gasteiger partial charge in [-0.25, -0.2) is 0 Å². The van der Waals surface area contributed by atoms with Crippen molar-refractivity contribution in [3.63, 3.8) is 0 Å². The summed E-state index contributed by atoms with van der Waals surface area (Å²) in [4.78, 5) is 2.43. The second-order valence-corrected chi connectivity index (χ2v) is 5.25. The third kappa shape index (κ3) is 2.93. The van der Waals surface area contributed by atoms with Crippen LogP contribution in [0.4, 0.5) is 5.69 Å². The van der Waals surface area contributed by atoms with Crippen LogP contribution in [0.25, 0.3) is 0 Å². The lowest BCUT2D eigenvalue weighted by molar-refractivity contribution is 0.412. The van der Waals surface area contributed by atoms with Crippen molar-refractivity contribution in [3.8, 4) is 5.75 Å². The third-order valence-electron chi connectivity index (χ3n) is 3.33. The van der Waals surface area contributed by atoms with Gasteiger partial charge in [-0.3, -0.25) is 0 Å². The minimum atomic E-state index is 0.602. The predicted molar refractivity (Wildman–Crippen MR) is 75.0 cm³/mol. The Kier molecular flexibility index (Phi) is 4.29. The molecule has 1 heterocycles. The van der Waals surface area contributed by atoms with E-state index in [4.69, 9.17) is 4.74 Å². The number of nitrogens with zero attached hydrogens (tertiary/aromatic N) is 1. The fourth-order valence-electron chi connectivity index (χ4n) is 2.30. The molecule has 94 valence electrons. The highest BCUT2D eigenvalue weighted by Gasteiger charge is 2.19. The van der Waals surface area contributed by atoms with Gasteiger partial charge in [0.05, 0.1) is 11.6 Å². The largest absolute Gasteiger partial charge is 0.496 e. The Labute approximate surface area is 111 Å². The molecule has 1 aromatic rings. The van der Waals surface area contributed by atoms with Crippen LogP contribution in [0.3, 0.4) is 0 Å². The topological polar surface area (TPSA) is 24.5 Å². The first-order valence-corrected chi connectivity index (χ1v) is 6.79. The molecule has 1 saturated heterocycles. The maximum absolute atomic E-state index is 5.25. The van der Waals surface area contributed by atoms with E-state index in [-0.39, 0.29) is 0 Å². The highest BCUT2D eigenvalue weighted by atomic mass is 79.9. The van der Waals surface area contributed by atoms with Crippen LogP contribution in [0.5, 0.6) is 5.75 Å². The van der Waals surface area contributed by atoms with Gasteiger partial charge in [0.2, 0.25) is 0 Å². The Bertz CT molecular complexity index is 384. The molecular weight excluding hydrogens is 280 g/mol. The molecule has 3 nitrogen and oxygen atoms in total. The maximum Gasteiger partial charge on any atom is 0.133 e. The second kappa shape index (κ2) is 5.74. The molecule has 0 amide bonds. The fraction of sp³-hybridized carbons (Fsp3) is 0.538. The first-order chi connectivity index (χ1) is 8.24. The lowest BCUT2D eigenvalue weighted by Gasteiger charge is -2.34. The molecule has 4 heteroatoms. The molecule has 1 unspecified atom stereocenters. The lowest BCUT2D eigenvalue weighted by atomic mass is 10.1. The number of nitrogens with one attached hydrogen (secondary N) is 1. The Hall–Kier alpha value is -0.740. The van der Waals surface area contributed by atoms with E-state index in [2.05, 4.69) is 38.3 Å². The van der Waals surface area contributed by atoms with Gasteiger partial charge in [0.15, 0.2) is 0 Å². The molecule has 1 N–H and O–H groups in total. The summed E-state index contributed by atoms with van der Waals surface area (Å²) in [5.74, 6) is 0.885. The van der Waals surface area contributed by atoms with Gasteiger partial charge in [-0.15, -0.1) is 0 Å². The van der Waals surface area contributed by atoms with E-state index in [1.165, 1.54) is 18.5 Å². The summed E-state index contributed by atoms with van der Waals surface area (Å²) in [5, 5.41) is 3.36. The van der Waals surface area contributed by atoms with Crippen LogP contribution in [0.15, 0.2) is 22.7 Å². The van der Waals surface area contributed by atoms with Gasteiger partial charge in [0.1, 0.15) is 5.75 Å². The quantitative estimate of drug-likeness (QED) is 0.928. The Morgan fingerprint density at radius 3 is 2.94 bits per heavy atom. The number of benzene rings is 1. The van der Waals surface area contributed by atoms with Crippen molar-refractivity contribution in [3.05, 3.63) is 22.7 Å². The molecule has 1 atom stereocenters. The van der Waals surface area contributed by atoms with Crippen molar-refractivity contribution >= 4 is 21.6 Å². The Balaban J connectivity index is 2.13. The zero-order valence-corrected chi connectivity index (χ0v) is 12.0. The van der Waals surface area contributed by atoms with Crippen molar-refractivity contribution in [2.75, 3.05) is 32.1 Å². The lowest BCUT2D eigenvalue weighted by Crippen LogP contribution is -2.44. The molecule has 0 aromatic heterocycles. The maximum atomic E-state index is 5.25. The van der Waals surface area contributed by atoms with Crippen molar-refractivity contribution in [2.24, 2.45) is 0 Å². The summed E-state index contributed by atoms with van der Waals surface area (Å²) >= 11 is 3.54. The average molecular weight is 299 g/mol. The molecule has 0 bridgehead atoms. The number of methoxy groups -OCH3 is 1. The number of hydrogen-bond donors (Lipinski definition) is 1. The molecule has 0 saturated carbocycles. The zero-order valence-electron chi connectivity index (χ0n) is 10.4. The first-order valence-electron chi connectivity index (χ1n) is 6.00. The van der Waals surface area contributed by atoms with E-state index in [0.717, 1.165) is 23.3 Å². The summed E-state index contributed by atoms with van der Waals surface area (Å²) in [6, 6.07) is 6.88. The van der Waals surface area contributed by atoms with Gasteiger partial charge < -0.3 is 15.0 Å². The van der Waals surface area contributed by atoms with E-state index in [1.807, 2.05) is 13.1 Å². The second-order valence-electron chi connectivity index (χ2n) is 4.39. The SMILES string of the molecule is CNC1CCCN(c2ccc(OC)c(Br)c2)C1. The Morgan fingerprint density at radius 2 is 2.29 bits per heavy atom. The summed E-state index contributed by atoms with van der Waals surface area (Å²) < 4.78 is 6.27. The summed E-state index contributed by atoms with van der Waals surface area (Å²) in [7, 11) is 3.73. The van der Waals surface area contributed by atoms with Gasteiger partial charge in [-0.1, -0.05) is 0 Å². The molecular formula is C13H19BrN2O. The molecule has 1 aliphatic heterocycles. The Morgan fingerprint density at radius 1 is 1.47 bits per heavy atom. The summed E-state index contributed by atoms with van der Waals surface area (Å²) in [5.41, 5.74) is 1.26. The normalized spacial score (nSPS) is 20.4. The van der Waals surface area contributed by atoms with Crippen LogP contribution >= 0.6 is 15.9 Å². The third-order valence-corrected chi connectivity index (χ3v) is 3.95. The van der Waals surface area contributed by atoms with E-state index in [0.29, 0.717) is 6.04 Å². The average Bonchev–Trinajstić information content (AvgIpc) is 2.38. The number of rotatable bonds is 3. The van der Waals surface area contributed by atoms with Gasteiger partial charge >= 0.3 is 0 Å². The summed E-state index contributed by atoms with van der Waals surface area (Å²) in [6.45, 7) is 2.21. The minimum Gasteiger partial charge on any atom is -0.496 e. The monoisotopic (exact) mass is 298 g/mol. The van der Waals surface area contributed by atoms with E-state index >= 15 is 0 Å². The molecule has 17 heavy (non-hydrogen) atoms. The smallest absolute Gasteiger partial charge is 0.133 e. The molecule has 0 aliphatic carbocycles. The number of halogens is 1. The number of anilines is 1. The highest BCUT2D eigenvalue weighted by molar-refractivity contribution is 9.10. The van der Waals surface area contributed by atoms with Crippen molar-refractivity contribution in [1.29, 1.82) is 0 Å². The first kappa shape index (κ1) is 12.7. The molecule has 2 rings (SSSR count). The number of likely N-dealkylation sites (N-methyl/N-ethyl adjacent to an activating group) is 1. The summed E-state index contributed by atoms with van der Waals surface area (Å²) in [6.07, 6.45) is 2.51. The van der Waals surface area contributed by atoms with Crippen molar-refractivity contribution < 1.29 is 4.74 Å². The van der Waals surface area contributed by atoms with Crippen molar-refractivity contribution in [1.82, 2.24) is 5.32 Å². The molecule has 1 aromatic carbocycles. The van der Waals surface area contributed by atoms with Crippen molar-refractivity contribution in [2.45, 2.75) is 18.9 Å². The van der Waals surface area contributed by atoms with Crippen LogP contribution in [-0.2, 0) is 0 Å². The molecule has 0 spiro atoms. The van der Waals surface area contributed by atoms with Gasteiger partial charge in [-0.2, -0.15) is 0 Å². The van der Waals surface area contributed by atoms with Gasteiger partial charge in [-0.05, 0) is 54.0 Å².